The number of hydrogen-bond donors (Lipinski definition) is 0. The molecule has 2 nitrogen and oxygen atoms in total. The van der Waals surface area contributed by atoms with Gasteiger partial charge in [0.25, 0.3) is 0 Å². The molecule has 0 fully saturated rings. The minimum absolute atomic E-state index is 0.0182. The molecule has 0 aliphatic heterocycles. The van der Waals surface area contributed by atoms with Crippen molar-refractivity contribution >= 4 is 76.2 Å². The normalized spacial score (nSPS) is 13.0. The molecule has 284 valence electrons. The van der Waals surface area contributed by atoms with E-state index >= 15 is 0 Å². The predicted octanol–water partition coefficient (Wildman–Crippen LogP) is 15.9. The lowest BCUT2D eigenvalue weighted by Crippen LogP contribution is -2.06. The van der Waals surface area contributed by atoms with Crippen molar-refractivity contribution in [1.82, 2.24) is 0 Å². The molecule has 2 heterocycles. The fourth-order valence-electron chi connectivity index (χ4n) is 10.1. The van der Waals surface area contributed by atoms with E-state index in [1.807, 2.05) is 0 Å². The Morgan fingerprint density at radius 1 is 0.267 bits per heavy atom. The highest BCUT2D eigenvalue weighted by Crippen LogP contribution is 2.46. The second-order valence-electron chi connectivity index (χ2n) is 16.5. The van der Waals surface area contributed by atoms with Gasteiger partial charge >= 0.3 is 0 Å². The zero-order valence-corrected chi connectivity index (χ0v) is 33.4. The molecule has 0 aliphatic carbocycles. The Labute approximate surface area is 347 Å². The van der Waals surface area contributed by atoms with Crippen LogP contribution in [0.1, 0.15) is 56.3 Å². The van der Waals surface area contributed by atoms with Crippen LogP contribution in [-0.4, -0.2) is 0 Å². The van der Waals surface area contributed by atoms with Gasteiger partial charge in [0.2, 0.25) is 0 Å². The number of benzene rings is 10. The zero-order valence-electron chi connectivity index (χ0n) is 33.4. The van der Waals surface area contributed by atoms with Crippen molar-refractivity contribution in [2.75, 3.05) is 0 Å². The Morgan fingerprint density at radius 2 is 0.617 bits per heavy atom. The van der Waals surface area contributed by atoms with Gasteiger partial charge in [0.1, 0.15) is 22.3 Å². The molecule has 0 saturated heterocycles. The Kier molecular flexibility index (Phi) is 7.83. The van der Waals surface area contributed by atoms with Crippen molar-refractivity contribution in [3.8, 4) is 0 Å². The van der Waals surface area contributed by atoms with E-state index in [-0.39, 0.29) is 11.8 Å². The van der Waals surface area contributed by atoms with E-state index in [1.54, 1.807) is 0 Å². The van der Waals surface area contributed by atoms with Gasteiger partial charge in [-0.05, 0) is 140 Å². The van der Waals surface area contributed by atoms with E-state index in [0.29, 0.717) is 0 Å². The lowest BCUT2D eigenvalue weighted by molar-refractivity contribution is 0.668. The molecular weight excluding hydrogens is 729 g/mol. The highest BCUT2D eigenvalue weighted by molar-refractivity contribution is 6.19. The van der Waals surface area contributed by atoms with Crippen molar-refractivity contribution < 1.29 is 8.83 Å². The summed E-state index contributed by atoms with van der Waals surface area (Å²) < 4.78 is 12.7. The molecule has 0 amide bonds. The second-order valence-corrected chi connectivity index (χ2v) is 16.5. The Balaban J connectivity index is 1.13. The summed E-state index contributed by atoms with van der Waals surface area (Å²) in [5, 5.41) is 12.1. The molecule has 0 radical (unpaired) electrons. The summed E-state index contributed by atoms with van der Waals surface area (Å²) in [6.45, 7) is 4.29. The van der Waals surface area contributed by atoms with E-state index in [2.05, 4.69) is 208 Å². The molecule has 2 heteroatoms. The first-order valence-electron chi connectivity index (χ1n) is 20.9. The van der Waals surface area contributed by atoms with E-state index in [1.165, 1.54) is 76.8 Å². The van der Waals surface area contributed by atoms with Crippen LogP contribution in [-0.2, 0) is 0 Å². The third-order valence-corrected chi connectivity index (χ3v) is 12.8. The minimum Gasteiger partial charge on any atom is -0.456 e. The van der Waals surface area contributed by atoms with Gasteiger partial charge < -0.3 is 8.83 Å². The van der Waals surface area contributed by atoms with Gasteiger partial charge in [0.15, 0.2) is 0 Å². The monoisotopic (exact) mass is 768 g/mol. The number of fused-ring (bicyclic) bond motifs is 11. The molecule has 2 aromatic heterocycles. The molecule has 60 heavy (non-hydrogen) atoms. The Bertz CT molecular complexity index is 3380. The van der Waals surface area contributed by atoms with Crippen LogP contribution in [0.3, 0.4) is 0 Å². The van der Waals surface area contributed by atoms with E-state index < -0.39 is 0 Å². The summed E-state index contributed by atoms with van der Waals surface area (Å²) in [6, 6.07) is 71.5. The first-order chi connectivity index (χ1) is 29.6. The highest BCUT2D eigenvalue weighted by Gasteiger charge is 2.26. The quantitative estimate of drug-likeness (QED) is 0.124. The van der Waals surface area contributed by atoms with Gasteiger partial charge in [-0.2, -0.15) is 0 Å². The first-order valence-corrected chi connectivity index (χ1v) is 20.9. The molecule has 10 aromatic carbocycles. The van der Waals surface area contributed by atoms with Crippen LogP contribution in [0.15, 0.2) is 203 Å². The molecule has 12 rings (SSSR count). The summed E-state index contributed by atoms with van der Waals surface area (Å²) in [7, 11) is 0. The fraction of sp³-hybridized carbons (Fsp3) is 0.0690. The SMILES string of the molecule is Cc1ccc2oc3ccc(C(c4ccccc4)c4cc5c6ccccc6c(C(c6ccccc6)c6ccc7oc8ccc(C)cc8c7c6)cc5c5ccccc45)cc3c2c1. The van der Waals surface area contributed by atoms with Crippen LogP contribution in [0.4, 0.5) is 0 Å². The van der Waals surface area contributed by atoms with Crippen molar-refractivity contribution in [1.29, 1.82) is 0 Å². The summed E-state index contributed by atoms with van der Waals surface area (Å²) in [5.74, 6) is -0.0365. The molecule has 0 N–H and O–H groups in total. The van der Waals surface area contributed by atoms with Crippen molar-refractivity contribution in [2.45, 2.75) is 25.7 Å². The summed E-state index contributed by atoms with van der Waals surface area (Å²) in [5.41, 5.74) is 13.7. The van der Waals surface area contributed by atoms with Crippen molar-refractivity contribution in [3.63, 3.8) is 0 Å². The molecule has 0 spiro atoms. The maximum Gasteiger partial charge on any atom is 0.135 e. The predicted molar refractivity (Wildman–Crippen MR) is 251 cm³/mol. The topological polar surface area (TPSA) is 26.3 Å². The first kappa shape index (κ1) is 34.6. The van der Waals surface area contributed by atoms with Gasteiger partial charge in [-0.15, -0.1) is 0 Å². The average Bonchev–Trinajstić information content (AvgIpc) is 3.84. The van der Waals surface area contributed by atoms with Gasteiger partial charge in [0.05, 0.1) is 0 Å². The summed E-state index contributed by atoms with van der Waals surface area (Å²) in [6.07, 6.45) is 0. The lowest BCUT2D eigenvalue weighted by Gasteiger charge is -2.25. The van der Waals surface area contributed by atoms with Crippen LogP contribution in [0.2, 0.25) is 0 Å². The second kappa shape index (κ2) is 13.6. The number of hydrogen-bond acceptors (Lipinski definition) is 2. The largest absolute Gasteiger partial charge is 0.456 e. The fourth-order valence-corrected chi connectivity index (χ4v) is 10.1. The van der Waals surface area contributed by atoms with Gasteiger partial charge in [-0.25, -0.2) is 0 Å². The van der Waals surface area contributed by atoms with Crippen LogP contribution in [0, 0.1) is 13.8 Å². The number of aryl methyl sites for hydroxylation is 2. The molecule has 0 aliphatic rings. The van der Waals surface area contributed by atoms with E-state index in [4.69, 9.17) is 8.83 Å². The van der Waals surface area contributed by atoms with E-state index in [0.717, 1.165) is 43.9 Å². The number of furan rings is 2. The smallest absolute Gasteiger partial charge is 0.135 e. The van der Waals surface area contributed by atoms with Crippen LogP contribution < -0.4 is 0 Å². The maximum absolute atomic E-state index is 6.36. The Hall–Kier alpha value is -7.42. The van der Waals surface area contributed by atoms with Gasteiger partial charge in [-0.3, -0.25) is 0 Å². The summed E-state index contributed by atoms with van der Waals surface area (Å²) >= 11 is 0. The van der Waals surface area contributed by atoms with E-state index in [9.17, 15) is 0 Å². The van der Waals surface area contributed by atoms with Crippen LogP contribution >= 0.6 is 0 Å². The van der Waals surface area contributed by atoms with Crippen molar-refractivity contribution in [2.24, 2.45) is 0 Å². The molecule has 0 saturated carbocycles. The number of rotatable bonds is 6. The summed E-state index contributed by atoms with van der Waals surface area (Å²) in [4.78, 5) is 0. The molecular formula is C58H40O2. The van der Waals surface area contributed by atoms with Crippen LogP contribution in [0.25, 0.3) is 76.2 Å². The van der Waals surface area contributed by atoms with Crippen LogP contribution in [0.5, 0.6) is 0 Å². The third-order valence-electron chi connectivity index (χ3n) is 12.8. The lowest BCUT2D eigenvalue weighted by atomic mass is 9.78. The highest BCUT2D eigenvalue weighted by atomic mass is 16.3. The third kappa shape index (κ3) is 5.48. The molecule has 12 aromatic rings. The zero-order chi connectivity index (χ0) is 39.9. The van der Waals surface area contributed by atoms with Gasteiger partial charge in [0, 0.05) is 33.4 Å². The standard InChI is InChI=1S/C58H40O2/c1-35-21-25-53-47(29-35)49-31-39(23-27-55(49)59-53)57(37-13-5-3-6-14-37)51-33-45-42-18-10-12-20-44(42)52(34-46(45)41-17-9-11-19-43(41)51)58(38-15-7-4-8-16-38)40-24-28-56-50(32-40)48-30-36(2)22-26-54(48)60-56/h3-34,57-58H,1-2H3. The van der Waals surface area contributed by atoms with Gasteiger partial charge in [-0.1, -0.05) is 145 Å². The molecule has 2 atom stereocenters. The molecule has 2 unspecified atom stereocenters. The molecule has 0 bridgehead atoms. The minimum atomic E-state index is -0.0182. The Morgan fingerprint density at radius 3 is 1.03 bits per heavy atom. The maximum atomic E-state index is 6.36. The van der Waals surface area contributed by atoms with Crippen molar-refractivity contribution in [3.05, 3.63) is 239 Å². The average molecular weight is 769 g/mol.